The number of hydrogen-bond donors (Lipinski definition) is 2. The van der Waals surface area contributed by atoms with E-state index in [1.165, 1.54) is 0 Å². The van der Waals surface area contributed by atoms with E-state index in [4.69, 9.17) is 16.3 Å². The number of carbonyl (C=O) groups is 1. The van der Waals surface area contributed by atoms with Crippen LogP contribution in [-0.2, 0) is 11.3 Å². The van der Waals surface area contributed by atoms with Gasteiger partial charge in [0, 0.05) is 37.9 Å². The smallest absolute Gasteiger partial charge is 0.270 e. The second kappa shape index (κ2) is 9.20. The third-order valence-corrected chi connectivity index (χ3v) is 3.52. The first-order chi connectivity index (χ1) is 11.6. The second-order valence-corrected chi connectivity index (χ2v) is 5.70. The minimum Gasteiger partial charge on any atom is -0.385 e. The van der Waals surface area contributed by atoms with Gasteiger partial charge in [-0.1, -0.05) is 23.7 Å². The number of methoxy groups -OCH3 is 1. The van der Waals surface area contributed by atoms with Crippen molar-refractivity contribution in [3.63, 3.8) is 0 Å². The van der Waals surface area contributed by atoms with Crippen LogP contribution in [0.1, 0.15) is 28.3 Å². The Morgan fingerprint density at radius 3 is 2.71 bits per heavy atom. The molecule has 1 amide bonds. The number of nitrogens with one attached hydrogen (secondary N) is 2. The summed E-state index contributed by atoms with van der Waals surface area (Å²) >= 11 is 5.87. The molecule has 0 spiro atoms. The predicted octanol–water partition coefficient (Wildman–Crippen LogP) is 2.82. The number of anilines is 1. The molecule has 24 heavy (non-hydrogen) atoms. The minimum atomic E-state index is -0.217. The first-order valence-electron chi connectivity index (χ1n) is 7.69. The molecule has 1 aromatic heterocycles. The van der Waals surface area contributed by atoms with E-state index >= 15 is 0 Å². The number of nitrogens with zero attached hydrogens (tertiary/aromatic N) is 2. The molecule has 2 N–H and O–H groups in total. The number of hydrogen-bond acceptors (Lipinski definition) is 5. The summed E-state index contributed by atoms with van der Waals surface area (Å²) in [6, 6.07) is 9.19. The Morgan fingerprint density at radius 1 is 1.25 bits per heavy atom. The lowest BCUT2D eigenvalue weighted by Crippen LogP contribution is -2.26. The summed E-state index contributed by atoms with van der Waals surface area (Å²) in [7, 11) is 1.63. The molecule has 0 saturated heterocycles. The number of rotatable bonds is 8. The Kier molecular flexibility index (Phi) is 6.96. The Labute approximate surface area is 146 Å². The van der Waals surface area contributed by atoms with Crippen molar-refractivity contribution in [2.45, 2.75) is 19.9 Å². The van der Waals surface area contributed by atoms with Crippen molar-refractivity contribution >= 4 is 23.3 Å². The van der Waals surface area contributed by atoms with Crippen LogP contribution in [0.5, 0.6) is 0 Å². The normalized spacial score (nSPS) is 10.5. The molecule has 0 atom stereocenters. The average molecular weight is 349 g/mol. The molecule has 2 aromatic rings. The predicted molar refractivity (Wildman–Crippen MR) is 94.4 cm³/mol. The summed E-state index contributed by atoms with van der Waals surface area (Å²) in [5.74, 6) is 0.934. The molecule has 0 aliphatic carbocycles. The van der Waals surface area contributed by atoms with Crippen LogP contribution in [0.3, 0.4) is 0 Å². The van der Waals surface area contributed by atoms with Gasteiger partial charge in [-0.3, -0.25) is 4.79 Å². The first-order valence-corrected chi connectivity index (χ1v) is 8.07. The van der Waals surface area contributed by atoms with Gasteiger partial charge in [-0.2, -0.15) is 0 Å². The lowest BCUT2D eigenvalue weighted by atomic mass is 10.2. The van der Waals surface area contributed by atoms with Crippen molar-refractivity contribution in [3.8, 4) is 0 Å². The van der Waals surface area contributed by atoms with E-state index in [2.05, 4.69) is 20.6 Å². The molecule has 0 aliphatic rings. The Balaban J connectivity index is 1.97. The van der Waals surface area contributed by atoms with Gasteiger partial charge < -0.3 is 15.4 Å². The van der Waals surface area contributed by atoms with Crippen molar-refractivity contribution < 1.29 is 9.53 Å². The van der Waals surface area contributed by atoms with E-state index in [0.717, 1.165) is 12.0 Å². The molecule has 2 rings (SSSR count). The van der Waals surface area contributed by atoms with Crippen molar-refractivity contribution in [3.05, 3.63) is 52.4 Å². The van der Waals surface area contributed by atoms with E-state index in [-0.39, 0.29) is 5.91 Å². The van der Waals surface area contributed by atoms with E-state index in [1.54, 1.807) is 20.1 Å². The van der Waals surface area contributed by atoms with Crippen LogP contribution in [0.15, 0.2) is 30.3 Å². The zero-order valence-corrected chi connectivity index (χ0v) is 14.6. The molecule has 0 saturated carbocycles. The van der Waals surface area contributed by atoms with E-state index in [9.17, 15) is 4.79 Å². The third kappa shape index (κ3) is 5.79. The Hall–Kier alpha value is -2.18. The van der Waals surface area contributed by atoms with Crippen LogP contribution in [0.25, 0.3) is 0 Å². The van der Waals surface area contributed by atoms with E-state index < -0.39 is 0 Å². The van der Waals surface area contributed by atoms with Crippen molar-refractivity contribution in [2.75, 3.05) is 25.6 Å². The number of halogens is 1. The molecule has 0 fully saturated rings. The number of aromatic nitrogens is 2. The standard InChI is InChI=1S/C17H21ClN4O2/c1-12-21-15(17(23)19-8-3-9-24-2)10-16(22-12)20-11-13-4-6-14(18)7-5-13/h4-7,10H,3,8-9,11H2,1-2H3,(H,19,23)(H,20,21,22). The maximum atomic E-state index is 12.1. The summed E-state index contributed by atoms with van der Waals surface area (Å²) in [4.78, 5) is 20.6. The Bertz CT molecular complexity index is 677. The van der Waals surface area contributed by atoms with Gasteiger partial charge in [0.25, 0.3) is 5.91 Å². The lowest BCUT2D eigenvalue weighted by molar-refractivity contribution is 0.0943. The molecule has 128 valence electrons. The van der Waals surface area contributed by atoms with Crippen LogP contribution in [-0.4, -0.2) is 36.1 Å². The average Bonchev–Trinajstić information content (AvgIpc) is 2.57. The van der Waals surface area contributed by atoms with Crippen molar-refractivity contribution in [2.24, 2.45) is 0 Å². The zero-order chi connectivity index (χ0) is 17.4. The summed E-state index contributed by atoms with van der Waals surface area (Å²) in [6.07, 6.45) is 0.758. The lowest BCUT2D eigenvalue weighted by Gasteiger charge is -2.09. The molecule has 0 radical (unpaired) electrons. The van der Waals surface area contributed by atoms with Crippen LogP contribution < -0.4 is 10.6 Å². The SMILES string of the molecule is COCCCNC(=O)c1cc(NCc2ccc(Cl)cc2)nc(C)n1. The molecule has 0 bridgehead atoms. The number of aryl methyl sites for hydroxylation is 1. The summed E-state index contributed by atoms with van der Waals surface area (Å²) in [6.45, 7) is 3.50. The highest BCUT2D eigenvalue weighted by Crippen LogP contribution is 2.12. The van der Waals surface area contributed by atoms with Crippen LogP contribution in [0, 0.1) is 6.92 Å². The van der Waals surface area contributed by atoms with Gasteiger partial charge in [0.15, 0.2) is 0 Å². The molecule has 6 nitrogen and oxygen atoms in total. The maximum absolute atomic E-state index is 12.1. The van der Waals surface area contributed by atoms with Gasteiger partial charge in [0.1, 0.15) is 17.3 Å². The number of amides is 1. The highest BCUT2D eigenvalue weighted by Gasteiger charge is 2.10. The van der Waals surface area contributed by atoms with Crippen LogP contribution >= 0.6 is 11.6 Å². The fraction of sp³-hybridized carbons (Fsp3) is 0.353. The van der Waals surface area contributed by atoms with Gasteiger partial charge in [-0.15, -0.1) is 0 Å². The fourth-order valence-electron chi connectivity index (χ4n) is 2.08. The van der Waals surface area contributed by atoms with Gasteiger partial charge in [0.05, 0.1) is 0 Å². The number of ether oxygens (including phenoxy) is 1. The van der Waals surface area contributed by atoms with E-state index in [1.807, 2.05) is 24.3 Å². The molecular weight excluding hydrogens is 328 g/mol. The molecular formula is C17H21ClN4O2. The van der Waals surface area contributed by atoms with Gasteiger partial charge >= 0.3 is 0 Å². The van der Waals surface area contributed by atoms with Gasteiger partial charge in [-0.05, 0) is 31.0 Å². The summed E-state index contributed by atoms with van der Waals surface area (Å²) in [5, 5.41) is 6.71. The topological polar surface area (TPSA) is 76.1 Å². The fourth-order valence-corrected chi connectivity index (χ4v) is 2.20. The largest absolute Gasteiger partial charge is 0.385 e. The highest BCUT2D eigenvalue weighted by molar-refractivity contribution is 6.30. The summed E-state index contributed by atoms with van der Waals surface area (Å²) in [5.41, 5.74) is 1.42. The summed E-state index contributed by atoms with van der Waals surface area (Å²) < 4.78 is 4.95. The first kappa shape index (κ1) is 18.2. The highest BCUT2D eigenvalue weighted by atomic mass is 35.5. The molecule has 0 aliphatic heterocycles. The van der Waals surface area contributed by atoms with Crippen LogP contribution in [0.2, 0.25) is 5.02 Å². The molecule has 0 unspecified atom stereocenters. The monoisotopic (exact) mass is 348 g/mol. The minimum absolute atomic E-state index is 0.217. The van der Waals surface area contributed by atoms with Crippen LogP contribution in [0.4, 0.5) is 5.82 Å². The molecule has 1 heterocycles. The van der Waals surface area contributed by atoms with Gasteiger partial charge in [-0.25, -0.2) is 9.97 Å². The zero-order valence-electron chi connectivity index (χ0n) is 13.8. The van der Waals surface area contributed by atoms with E-state index in [0.29, 0.717) is 42.1 Å². The quantitative estimate of drug-likeness (QED) is 0.717. The van der Waals surface area contributed by atoms with Gasteiger partial charge in [0.2, 0.25) is 0 Å². The van der Waals surface area contributed by atoms with Crippen molar-refractivity contribution in [1.29, 1.82) is 0 Å². The van der Waals surface area contributed by atoms with Crippen molar-refractivity contribution in [1.82, 2.24) is 15.3 Å². The molecule has 7 heteroatoms. The third-order valence-electron chi connectivity index (χ3n) is 3.27. The Morgan fingerprint density at radius 2 is 2.00 bits per heavy atom. The maximum Gasteiger partial charge on any atom is 0.270 e. The second-order valence-electron chi connectivity index (χ2n) is 5.27. The molecule has 1 aromatic carbocycles. The number of carbonyl (C=O) groups excluding carboxylic acids is 1. The number of benzene rings is 1.